The predicted octanol–water partition coefficient (Wildman–Crippen LogP) is 2.31. The van der Waals surface area contributed by atoms with Gasteiger partial charge in [-0.15, -0.1) is 0 Å². The summed E-state index contributed by atoms with van der Waals surface area (Å²) in [4.78, 5) is 8.82. The quantitative estimate of drug-likeness (QED) is 0.906. The highest BCUT2D eigenvalue weighted by Gasteiger charge is 2.35. The van der Waals surface area contributed by atoms with E-state index in [2.05, 4.69) is 9.97 Å². The lowest BCUT2D eigenvalue weighted by molar-refractivity contribution is -0.141. The molecule has 2 rings (SSSR count). The summed E-state index contributed by atoms with van der Waals surface area (Å²) < 4.78 is 37.9. The molecule has 0 spiro atoms. The molecule has 0 aromatic carbocycles. The molecule has 7 heteroatoms. The van der Waals surface area contributed by atoms with Crippen LogP contribution in [0.25, 0.3) is 0 Å². The second kappa shape index (κ2) is 4.29. The highest BCUT2D eigenvalue weighted by atomic mass is 19.4. The highest BCUT2D eigenvalue weighted by molar-refractivity contribution is 5.44. The summed E-state index contributed by atoms with van der Waals surface area (Å²) in [5.41, 5.74) is 4.34. The smallest absolute Gasteiger partial charge is 0.368 e. The number of hydrogen-bond donors (Lipinski definition) is 1. The molecule has 0 amide bonds. The number of halogens is 3. The summed E-state index contributed by atoms with van der Waals surface area (Å²) in [5, 5.41) is 0. The van der Waals surface area contributed by atoms with Gasteiger partial charge in [0.1, 0.15) is 5.82 Å². The second-order valence-corrected chi connectivity index (χ2v) is 4.66. The Morgan fingerprint density at radius 3 is 2.50 bits per heavy atom. The Balaban J connectivity index is 2.29. The first-order valence-electron chi connectivity index (χ1n) is 5.73. The van der Waals surface area contributed by atoms with Crippen molar-refractivity contribution in [3.05, 3.63) is 11.8 Å². The van der Waals surface area contributed by atoms with Crippen LogP contribution in [0.2, 0.25) is 0 Å². The van der Waals surface area contributed by atoms with Gasteiger partial charge in [0.2, 0.25) is 5.95 Å². The standard InChI is InChI=1S/C11H15F3N4/c1-6(7-3-4-7)18(2)9-5-8(11(12,13)14)16-10(15)17-9/h5-7H,3-4H2,1-2H3,(H2,15,16,17). The van der Waals surface area contributed by atoms with E-state index in [0.717, 1.165) is 18.9 Å². The van der Waals surface area contributed by atoms with Crippen molar-refractivity contribution in [2.75, 3.05) is 17.7 Å². The molecule has 1 unspecified atom stereocenters. The van der Waals surface area contributed by atoms with Gasteiger partial charge in [-0.05, 0) is 25.7 Å². The topological polar surface area (TPSA) is 55.0 Å². The molecular formula is C11H15F3N4. The van der Waals surface area contributed by atoms with E-state index in [0.29, 0.717) is 5.92 Å². The van der Waals surface area contributed by atoms with Crippen molar-refractivity contribution in [1.82, 2.24) is 9.97 Å². The third kappa shape index (κ3) is 2.65. The normalized spacial score (nSPS) is 17.6. The van der Waals surface area contributed by atoms with Gasteiger partial charge in [-0.2, -0.15) is 18.2 Å². The third-order valence-electron chi connectivity index (χ3n) is 3.30. The van der Waals surface area contributed by atoms with Gasteiger partial charge in [0, 0.05) is 19.2 Å². The Morgan fingerprint density at radius 2 is 2.00 bits per heavy atom. The molecule has 2 N–H and O–H groups in total. The highest BCUT2D eigenvalue weighted by Crippen LogP contribution is 2.37. The zero-order valence-corrected chi connectivity index (χ0v) is 10.2. The molecule has 0 aliphatic heterocycles. The fourth-order valence-corrected chi connectivity index (χ4v) is 1.88. The van der Waals surface area contributed by atoms with Crippen molar-refractivity contribution in [3.63, 3.8) is 0 Å². The largest absolute Gasteiger partial charge is 0.433 e. The van der Waals surface area contributed by atoms with Gasteiger partial charge < -0.3 is 10.6 Å². The fourth-order valence-electron chi connectivity index (χ4n) is 1.88. The van der Waals surface area contributed by atoms with Crippen molar-refractivity contribution in [1.29, 1.82) is 0 Å². The van der Waals surface area contributed by atoms with Gasteiger partial charge in [-0.3, -0.25) is 0 Å². The van der Waals surface area contributed by atoms with Crippen LogP contribution in [0.5, 0.6) is 0 Å². The zero-order valence-electron chi connectivity index (χ0n) is 10.2. The maximum absolute atomic E-state index is 12.6. The van der Waals surface area contributed by atoms with Crippen LogP contribution in [-0.2, 0) is 6.18 Å². The summed E-state index contributed by atoms with van der Waals surface area (Å²) in [6, 6.07) is 1.09. The van der Waals surface area contributed by atoms with E-state index in [-0.39, 0.29) is 17.8 Å². The Kier molecular flexibility index (Phi) is 3.08. The van der Waals surface area contributed by atoms with E-state index in [4.69, 9.17) is 5.73 Å². The summed E-state index contributed by atoms with van der Waals surface area (Å²) in [7, 11) is 1.73. The maximum Gasteiger partial charge on any atom is 0.433 e. The van der Waals surface area contributed by atoms with E-state index in [9.17, 15) is 13.2 Å². The minimum atomic E-state index is -4.50. The first-order valence-corrected chi connectivity index (χ1v) is 5.73. The lowest BCUT2D eigenvalue weighted by atomic mass is 10.2. The number of nitrogens with two attached hydrogens (primary N) is 1. The number of nitrogen functional groups attached to an aromatic ring is 1. The minimum absolute atomic E-state index is 0.153. The van der Waals surface area contributed by atoms with Gasteiger partial charge in [0.25, 0.3) is 0 Å². The average Bonchev–Trinajstić information content (AvgIpc) is 3.08. The third-order valence-corrected chi connectivity index (χ3v) is 3.30. The van der Waals surface area contributed by atoms with Gasteiger partial charge in [-0.25, -0.2) is 4.98 Å². The van der Waals surface area contributed by atoms with Crippen LogP contribution in [0.4, 0.5) is 24.9 Å². The summed E-state index contributed by atoms with van der Waals surface area (Å²) in [6.45, 7) is 1.98. The van der Waals surface area contributed by atoms with E-state index in [1.807, 2.05) is 6.92 Å². The molecule has 0 bridgehead atoms. The number of alkyl halides is 3. The average molecular weight is 260 g/mol. The number of rotatable bonds is 3. The van der Waals surface area contributed by atoms with E-state index in [1.54, 1.807) is 11.9 Å². The molecule has 1 fully saturated rings. The van der Waals surface area contributed by atoms with E-state index >= 15 is 0 Å². The van der Waals surface area contributed by atoms with Crippen LogP contribution in [0.3, 0.4) is 0 Å². The first kappa shape index (κ1) is 12.9. The van der Waals surface area contributed by atoms with Crippen LogP contribution in [0, 0.1) is 5.92 Å². The van der Waals surface area contributed by atoms with E-state index < -0.39 is 11.9 Å². The number of nitrogens with zero attached hydrogens (tertiary/aromatic N) is 3. The van der Waals surface area contributed by atoms with Gasteiger partial charge >= 0.3 is 6.18 Å². The fraction of sp³-hybridized carbons (Fsp3) is 0.636. The molecule has 1 aliphatic rings. The second-order valence-electron chi connectivity index (χ2n) is 4.66. The van der Waals surface area contributed by atoms with Crippen LogP contribution in [0.1, 0.15) is 25.5 Å². The minimum Gasteiger partial charge on any atom is -0.368 e. The van der Waals surface area contributed by atoms with Crippen molar-refractivity contribution in [2.24, 2.45) is 5.92 Å². The molecule has 0 saturated heterocycles. The van der Waals surface area contributed by atoms with Crippen molar-refractivity contribution >= 4 is 11.8 Å². The van der Waals surface area contributed by atoms with Crippen LogP contribution in [0.15, 0.2) is 6.07 Å². The molecule has 1 saturated carbocycles. The number of aromatic nitrogens is 2. The predicted molar refractivity (Wildman–Crippen MR) is 62.0 cm³/mol. The monoisotopic (exact) mass is 260 g/mol. The molecule has 1 heterocycles. The SMILES string of the molecule is CC(C1CC1)N(C)c1cc(C(F)(F)F)nc(N)n1. The lowest BCUT2D eigenvalue weighted by Gasteiger charge is -2.26. The molecular weight excluding hydrogens is 245 g/mol. The lowest BCUT2D eigenvalue weighted by Crippen LogP contribution is -2.32. The summed E-state index contributed by atoms with van der Waals surface area (Å²) in [6.07, 6.45) is -2.29. The maximum atomic E-state index is 12.6. The summed E-state index contributed by atoms with van der Waals surface area (Å²) in [5.74, 6) is 0.393. The Hall–Kier alpha value is -1.53. The molecule has 1 aromatic rings. The zero-order chi connectivity index (χ0) is 13.5. The van der Waals surface area contributed by atoms with Crippen molar-refractivity contribution < 1.29 is 13.2 Å². The molecule has 4 nitrogen and oxygen atoms in total. The Labute approximate surface area is 103 Å². The van der Waals surface area contributed by atoms with Gasteiger partial charge in [-0.1, -0.05) is 0 Å². The number of anilines is 2. The van der Waals surface area contributed by atoms with Gasteiger partial charge in [0.05, 0.1) is 0 Å². The van der Waals surface area contributed by atoms with Crippen LogP contribution < -0.4 is 10.6 Å². The van der Waals surface area contributed by atoms with Crippen LogP contribution >= 0.6 is 0 Å². The molecule has 1 aliphatic carbocycles. The first-order chi connectivity index (χ1) is 8.29. The van der Waals surface area contributed by atoms with E-state index in [1.165, 1.54) is 0 Å². The Bertz CT molecular complexity index is 442. The van der Waals surface area contributed by atoms with Crippen molar-refractivity contribution in [3.8, 4) is 0 Å². The molecule has 100 valence electrons. The number of hydrogen-bond acceptors (Lipinski definition) is 4. The summed E-state index contributed by atoms with van der Waals surface area (Å²) >= 11 is 0. The van der Waals surface area contributed by atoms with Crippen LogP contribution in [-0.4, -0.2) is 23.1 Å². The van der Waals surface area contributed by atoms with Gasteiger partial charge in [0.15, 0.2) is 5.69 Å². The molecule has 18 heavy (non-hydrogen) atoms. The van der Waals surface area contributed by atoms with Crippen molar-refractivity contribution in [2.45, 2.75) is 32.0 Å². The Morgan fingerprint density at radius 1 is 1.39 bits per heavy atom. The molecule has 1 aromatic heterocycles. The molecule has 1 atom stereocenters. The molecule has 0 radical (unpaired) electrons.